The second-order valence-electron chi connectivity index (χ2n) is 7.53. The quantitative estimate of drug-likeness (QED) is 0.468. The predicted octanol–water partition coefficient (Wildman–Crippen LogP) is 4.52. The lowest BCUT2D eigenvalue weighted by Gasteiger charge is -2.29. The Morgan fingerprint density at radius 1 is 1.03 bits per heavy atom. The average Bonchev–Trinajstić information content (AvgIpc) is 2.94. The maximum absolute atomic E-state index is 6.53. The molecule has 0 aliphatic carbocycles. The van der Waals surface area contributed by atoms with Gasteiger partial charge in [0, 0.05) is 32.0 Å². The lowest BCUT2D eigenvalue weighted by molar-refractivity contribution is -0.181. The molecule has 2 aliphatic heterocycles. The van der Waals surface area contributed by atoms with Crippen LogP contribution in [0.1, 0.15) is 53.9 Å². The van der Waals surface area contributed by atoms with Gasteiger partial charge in [-0.05, 0) is 42.5 Å². The molecule has 1 saturated heterocycles. The molecule has 2 aromatic carbocycles. The van der Waals surface area contributed by atoms with E-state index in [0.29, 0.717) is 19.8 Å². The van der Waals surface area contributed by atoms with Crippen LogP contribution in [0.25, 0.3) is 0 Å². The Bertz CT molecular complexity index is 817. The van der Waals surface area contributed by atoms with Crippen LogP contribution in [-0.2, 0) is 30.3 Å². The molecule has 2 aromatic rings. The molecular formula is C24H30O6. The van der Waals surface area contributed by atoms with Gasteiger partial charge in [0.25, 0.3) is 0 Å². The number of hydrogen-bond donors (Lipinski definition) is 0. The number of hydrogen-bond acceptors (Lipinski definition) is 6. The maximum Gasteiger partial charge on any atom is 0.183 e. The van der Waals surface area contributed by atoms with Gasteiger partial charge in [-0.3, -0.25) is 0 Å². The molecule has 3 atom stereocenters. The lowest BCUT2D eigenvalue weighted by Crippen LogP contribution is -2.25. The fraction of sp³-hybridized carbons (Fsp3) is 0.500. The average molecular weight is 414 g/mol. The highest BCUT2D eigenvalue weighted by Crippen LogP contribution is 2.41. The zero-order valence-electron chi connectivity index (χ0n) is 17.7. The molecule has 6 heteroatoms. The molecule has 0 amide bonds. The maximum atomic E-state index is 6.53. The minimum Gasteiger partial charge on any atom is -0.488 e. The van der Waals surface area contributed by atoms with Crippen molar-refractivity contribution in [1.82, 2.24) is 0 Å². The smallest absolute Gasteiger partial charge is 0.183 e. The summed E-state index contributed by atoms with van der Waals surface area (Å²) < 4.78 is 35.1. The molecule has 3 unspecified atom stereocenters. The van der Waals surface area contributed by atoms with Gasteiger partial charge in [-0.25, -0.2) is 0 Å². The molecule has 162 valence electrons. The molecule has 6 nitrogen and oxygen atoms in total. The van der Waals surface area contributed by atoms with Gasteiger partial charge in [0.05, 0.1) is 13.2 Å². The van der Waals surface area contributed by atoms with E-state index < -0.39 is 6.29 Å². The predicted molar refractivity (Wildman–Crippen MR) is 111 cm³/mol. The van der Waals surface area contributed by atoms with Crippen molar-refractivity contribution >= 4 is 0 Å². The molecule has 4 rings (SSSR count). The van der Waals surface area contributed by atoms with Crippen molar-refractivity contribution < 1.29 is 28.4 Å². The number of benzene rings is 2. The van der Waals surface area contributed by atoms with Crippen LogP contribution in [0.4, 0.5) is 0 Å². The van der Waals surface area contributed by atoms with E-state index in [2.05, 4.69) is 18.2 Å². The van der Waals surface area contributed by atoms with E-state index in [9.17, 15) is 0 Å². The molecule has 2 heterocycles. The highest BCUT2D eigenvalue weighted by Gasteiger charge is 2.30. The van der Waals surface area contributed by atoms with Crippen LogP contribution in [0.5, 0.6) is 5.75 Å². The summed E-state index contributed by atoms with van der Waals surface area (Å²) in [6.07, 6.45) is 2.10. The first-order chi connectivity index (χ1) is 14.8. The molecule has 2 aliphatic rings. The van der Waals surface area contributed by atoms with Crippen molar-refractivity contribution in [1.29, 1.82) is 0 Å². The Morgan fingerprint density at radius 2 is 1.93 bits per heavy atom. The van der Waals surface area contributed by atoms with Gasteiger partial charge in [-0.2, -0.15) is 0 Å². The van der Waals surface area contributed by atoms with E-state index in [1.54, 1.807) is 14.2 Å². The third kappa shape index (κ3) is 4.85. The largest absolute Gasteiger partial charge is 0.488 e. The molecule has 0 saturated carbocycles. The summed E-state index contributed by atoms with van der Waals surface area (Å²) in [4.78, 5) is 0. The minimum absolute atomic E-state index is 0.220. The van der Waals surface area contributed by atoms with Crippen LogP contribution in [-0.4, -0.2) is 40.3 Å². The zero-order chi connectivity index (χ0) is 20.8. The first-order valence-electron chi connectivity index (χ1n) is 10.5. The lowest BCUT2D eigenvalue weighted by atomic mass is 9.95. The van der Waals surface area contributed by atoms with E-state index in [0.717, 1.165) is 53.9 Å². The van der Waals surface area contributed by atoms with Crippen LogP contribution in [0.3, 0.4) is 0 Å². The van der Waals surface area contributed by atoms with Crippen molar-refractivity contribution in [2.45, 2.75) is 44.6 Å². The van der Waals surface area contributed by atoms with Gasteiger partial charge >= 0.3 is 0 Å². The third-order valence-corrected chi connectivity index (χ3v) is 5.51. The fourth-order valence-electron chi connectivity index (χ4n) is 3.95. The normalized spacial score (nSPS) is 21.8. The van der Waals surface area contributed by atoms with E-state index in [1.165, 1.54) is 0 Å². The number of methoxy groups -OCH3 is 2. The molecule has 0 aromatic heterocycles. The minimum atomic E-state index is -0.490. The van der Waals surface area contributed by atoms with Gasteiger partial charge in [0.15, 0.2) is 12.6 Å². The first-order valence-corrected chi connectivity index (χ1v) is 10.5. The Kier molecular flexibility index (Phi) is 7.36. The number of rotatable bonds is 8. The SMILES string of the molecule is COCCOC(OC)c1ccc2c(c1)C(OC1CCCCO1)c1ccccc1CO2. The van der Waals surface area contributed by atoms with Crippen LogP contribution in [0, 0.1) is 0 Å². The first kappa shape index (κ1) is 21.3. The highest BCUT2D eigenvalue weighted by atomic mass is 16.7. The molecule has 1 fully saturated rings. The second-order valence-corrected chi connectivity index (χ2v) is 7.53. The van der Waals surface area contributed by atoms with E-state index in [4.69, 9.17) is 28.4 Å². The van der Waals surface area contributed by atoms with Crippen LogP contribution in [0.2, 0.25) is 0 Å². The van der Waals surface area contributed by atoms with Crippen LogP contribution in [0.15, 0.2) is 42.5 Å². The van der Waals surface area contributed by atoms with Crippen molar-refractivity contribution in [2.24, 2.45) is 0 Å². The Labute approximate surface area is 178 Å². The van der Waals surface area contributed by atoms with Gasteiger partial charge in [0.2, 0.25) is 0 Å². The molecule has 30 heavy (non-hydrogen) atoms. The Hall–Kier alpha value is -1.96. The van der Waals surface area contributed by atoms with E-state index in [1.807, 2.05) is 24.3 Å². The fourth-order valence-corrected chi connectivity index (χ4v) is 3.95. The van der Waals surface area contributed by atoms with Gasteiger partial charge in [0.1, 0.15) is 18.5 Å². The summed E-state index contributed by atoms with van der Waals surface area (Å²) in [5, 5.41) is 0. The summed E-state index contributed by atoms with van der Waals surface area (Å²) in [6.45, 7) is 2.20. The van der Waals surface area contributed by atoms with Gasteiger partial charge < -0.3 is 28.4 Å². The molecule has 0 radical (unpaired) electrons. The van der Waals surface area contributed by atoms with Crippen LogP contribution < -0.4 is 4.74 Å². The third-order valence-electron chi connectivity index (χ3n) is 5.51. The topological polar surface area (TPSA) is 55.4 Å². The molecule has 0 bridgehead atoms. The van der Waals surface area contributed by atoms with E-state index in [-0.39, 0.29) is 12.4 Å². The summed E-state index contributed by atoms with van der Waals surface area (Å²) in [5.74, 6) is 0.808. The van der Waals surface area contributed by atoms with Gasteiger partial charge in [-0.15, -0.1) is 0 Å². The number of ether oxygens (including phenoxy) is 6. The summed E-state index contributed by atoms with van der Waals surface area (Å²) in [5.41, 5.74) is 4.10. The molecule has 0 spiro atoms. The standard InChI is InChI=1S/C24H30O6/c1-25-13-14-28-24(26-2)17-10-11-21-20(15-17)23(30-22-9-5-6-12-27-22)19-8-4-3-7-18(19)16-29-21/h3-4,7-8,10-11,15,22-24H,5-6,9,12-14,16H2,1-2H3. The number of fused-ring (bicyclic) bond motifs is 2. The summed E-state index contributed by atoms with van der Waals surface area (Å²) in [7, 11) is 3.29. The van der Waals surface area contributed by atoms with Crippen molar-refractivity contribution in [3.63, 3.8) is 0 Å². The zero-order valence-corrected chi connectivity index (χ0v) is 17.7. The van der Waals surface area contributed by atoms with Crippen molar-refractivity contribution in [3.05, 3.63) is 64.7 Å². The summed E-state index contributed by atoms with van der Waals surface area (Å²) >= 11 is 0. The second kappa shape index (κ2) is 10.4. The Morgan fingerprint density at radius 3 is 2.73 bits per heavy atom. The summed E-state index contributed by atoms with van der Waals surface area (Å²) in [6, 6.07) is 14.3. The van der Waals surface area contributed by atoms with Gasteiger partial charge in [-0.1, -0.05) is 30.3 Å². The van der Waals surface area contributed by atoms with E-state index >= 15 is 0 Å². The highest BCUT2D eigenvalue weighted by molar-refractivity contribution is 5.47. The molecular weight excluding hydrogens is 384 g/mol. The monoisotopic (exact) mass is 414 g/mol. The van der Waals surface area contributed by atoms with Crippen molar-refractivity contribution in [2.75, 3.05) is 34.0 Å². The van der Waals surface area contributed by atoms with Crippen molar-refractivity contribution in [3.8, 4) is 5.75 Å². The Balaban J connectivity index is 1.67. The van der Waals surface area contributed by atoms with Crippen LogP contribution >= 0.6 is 0 Å². The molecule has 0 N–H and O–H groups in total.